The maximum atomic E-state index is 12.7. The number of hydrogen-bond donors (Lipinski definition) is 1. The highest BCUT2D eigenvalue weighted by molar-refractivity contribution is 9.10. The molecule has 1 N–H and O–H groups in total. The van der Waals surface area contributed by atoms with Gasteiger partial charge >= 0.3 is 11.9 Å². The number of benzene rings is 1. The maximum absolute atomic E-state index is 12.7. The first kappa shape index (κ1) is 18.2. The van der Waals surface area contributed by atoms with E-state index < -0.39 is 24.0 Å². The van der Waals surface area contributed by atoms with Gasteiger partial charge < -0.3 is 9.72 Å². The number of halogens is 4. The lowest BCUT2D eigenvalue weighted by atomic mass is 10.2. The Labute approximate surface area is 152 Å². The zero-order chi connectivity index (χ0) is 19.1. The molecule has 0 aliphatic heterocycles. The minimum Gasteiger partial charge on any atom is -0.482 e. The quantitative estimate of drug-likeness (QED) is 0.693. The van der Waals surface area contributed by atoms with Crippen LogP contribution in [-0.2, 0) is 0 Å². The summed E-state index contributed by atoms with van der Waals surface area (Å²) in [5.74, 6) is -0.235. The highest BCUT2D eigenvalue weighted by Gasteiger charge is 2.29. The van der Waals surface area contributed by atoms with Crippen LogP contribution in [0.2, 0.25) is 0 Å². The first-order chi connectivity index (χ1) is 12.2. The van der Waals surface area contributed by atoms with E-state index >= 15 is 0 Å². The average Bonchev–Trinajstić information content (AvgIpc) is 2.52. The molecule has 3 rings (SSSR count). The molecule has 6 nitrogen and oxygen atoms in total. The molecule has 0 fully saturated rings. The summed E-state index contributed by atoms with van der Waals surface area (Å²) in [5.41, 5.74) is -1.12. The van der Waals surface area contributed by atoms with Crippen LogP contribution in [-0.4, -0.2) is 27.3 Å². The Morgan fingerprint density at radius 1 is 1.27 bits per heavy atom. The molecular weight excluding hydrogens is 419 g/mol. The van der Waals surface area contributed by atoms with Gasteiger partial charge in [-0.3, -0.25) is 9.78 Å². The molecule has 0 aliphatic carbocycles. The topological polar surface area (TPSA) is 77.0 Å². The van der Waals surface area contributed by atoms with E-state index in [0.29, 0.717) is 14.6 Å². The summed E-state index contributed by atoms with van der Waals surface area (Å²) in [6, 6.07) is 4.66. The van der Waals surface area contributed by atoms with Crippen LogP contribution >= 0.6 is 15.9 Å². The third kappa shape index (κ3) is 3.50. The molecule has 0 spiro atoms. The number of H-pyrrole nitrogens is 1. The molecule has 2 heterocycles. The molecule has 10 heteroatoms. The van der Waals surface area contributed by atoms with Crippen LogP contribution in [0.1, 0.15) is 5.56 Å². The summed E-state index contributed by atoms with van der Waals surface area (Å²) >= 11 is 3.24. The van der Waals surface area contributed by atoms with E-state index in [-0.39, 0.29) is 22.4 Å². The van der Waals surface area contributed by atoms with E-state index in [1.165, 1.54) is 19.2 Å². The van der Waals surface area contributed by atoms with Crippen molar-refractivity contribution in [3.8, 4) is 11.4 Å². The van der Waals surface area contributed by atoms with E-state index in [4.69, 9.17) is 4.74 Å². The van der Waals surface area contributed by atoms with Gasteiger partial charge in [0.05, 0.1) is 17.1 Å². The summed E-state index contributed by atoms with van der Waals surface area (Å²) in [5, 5.41) is 0.191. The van der Waals surface area contributed by atoms with Crippen molar-refractivity contribution in [2.45, 2.75) is 13.1 Å². The minimum atomic E-state index is -4.57. The number of pyridine rings is 1. The molecule has 0 bridgehead atoms. The van der Waals surface area contributed by atoms with Crippen LogP contribution < -0.4 is 16.0 Å². The highest BCUT2D eigenvalue weighted by atomic mass is 79.9. The Bertz CT molecular complexity index is 1110. The van der Waals surface area contributed by atoms with Crippen molar-refractivity contribution in [2.75, 3.05) is 6.61 Å². The third-order valence-electron chi connectivity index (χ3n) is 3.54. The second-order valence-electron chi connectivity index (χ2n) is 5.47. The van der Waals surface area contributed by atoms with Gasteiger partial charge in [-0.25, -0.2) is 9.36 Å². The number of alkyl halides is 3. The number of aryl methyl sites for hydroxylation is 1. The van der Waals surface area contributed by atoms with Crippen molar-refractivity contribution >= 4 is 26.8 Å². The van der Waals surface area contributed by atoms with E-state index in [2.05, 4.69) is 25.9 Å². The molecule has 3 aromatic rings. The monoisotopic (exact) mass is 429 g/mol. The number of nitrogens with one attached hydrogen (secondary N) is 1. The second-order valence-corrected chi connectivity index (χ2v) is 6.38. The van der Waals surface area contributed by atoms with Crippen LogP contribution in [0.15, 0.2) is 44.7 Å². The molecule has 0 amide bonds. The van der Waals surface area contributed by atoms with Gasteiger partial charge in [0.2, 0.25) is 0 Å². The summed E-state index contributed by atoms with van der Waals surface area (Å²) in [6.07, 6.45) is -2.17. The number of nitrogens with zero attached hydrogens (tertiary/aromatic N) is 2. The van der Waals surface area contributed by atoms with Gasteiger partial charge in [-0.1, -0.05) is 15.9 Å². The lowest BCUT2D eigenvalue weighted by Crippen LogP contribution is -2.34. The summed E-state index contributed by atoms with van der Waals surface area (Å²) in [6.45, 7) is -0.0857. The Hall–Kier alpha value is -2.62. The maximum Gasteiger partial charge on any atom is 0.422 e. The normalized spacial score (nSPS) is 11.7. The predicted octanol–water partition coefficient (Wildman–Crippen LogP) is 3.09. The van der Waals surface area contributed by atoms with E-state index in [1.54, 1.807) is 12.1 Å². The second kappa shape index (κ2) is 6.60. The van der Waals surface area contributed by atoms with Crippen LogP contribution in [0.3, 0.4) is 0 Å². The molecule has 0 aliphatic rings. The van der Waals surface area contributed by atoms with Gasteiger partial charge in [0.15, 0.2) is 6.61 Å². The zero-order valence-corrected chi connectivity index (χ0v) is 14.8. The first-order valence-corrected chi connectivity index (χ1v) is 8.06. The number of aromatic amines is 1. The van der Waals surface area contributed by atoms with Gasteiger partial charge in [0.1, 0.15) is 11.4 Å². The summed E-state index contributed by atoms with van der Waals surface area (Å²) in [7, 11) is 0. The van der Waals surface area contributed by atoms with Crippen molar-refractivity contribution < 1.29 is 17.9 Å². The highest BCUT2D eigenvalue weighted by Crippen LogP contribution is 2.27. The SMILES string of the molecule is Cc1cncc(-n2c(=O)[nH]c3cc(Br)ccc3c2=O)c1OCC(F)(F)F. The lowest BCUT2D eigenvalue weighted by Gasteiger charge is -2.15. The van der Waals surface area contributed by atoms with Gasteiger partial charge in [0, 0.05) is 16.2 Å². The molecule has 0 radical (unpaired) electrons. The fraction of sp³-hybridized carbons (Fsp3) is 0.188. The third-order valence-corrected chi connectivity index (χ3v) is 4.03. The number of rotatable bonds is 3. The standard InChI is InChI=1S/C16H11BrF3N3O3/c1-8-5-21-6-12(13(8)26-7-16(18,19)20)23-14(24)10-3-2-9(17)4-11(10)22-15(23)25/h2-6H,7H2,1H3,(H,22,25). The molecule has 1 aromatic carbocycles. The zero-order valence-electron chi connectivity index (χ0n) is 13.2. The molecule has 0 saturated heterocycles. The molecule has 0 atom stereocenters. The first-order valence-electron chi connectivity index (χ1n) is 7.26. The van der Waals surface area contributed by atoms with Crippen LogP contribution in [0.25, 0.3) is 16.6 Å². The number of hydrogen-bond acceptors (Lipinski definition) is 4. The molecule has 136 valence electrons. The molecule has 0 unspecified atom stereocenters. The molecular formula is C16H11BrF3N3O3. The number of ether oxygens (including phenoxy) is 1. The lowest BCUT2D eigenvalue weighted by molar-refractivity contribution is -0.153. The summed E-state index contributed by atoms with van der Waals surface area (Å²) < 4.78 is 43.8. The van der Waals surface area contributed by atoms with Gasteiger partial charge in [-0.15, -0.1) is 0 Å². The Morgan fingerprint density at radius 3 is 2.69 bits per heavy atom. The Balaban J connectivity index is 2.24. The van der Waals surface area contributed by atoms with Gasteiger partial charge in [-0.2, -0.15) is 13.2 Å². The Kier molecular flexibility index (Phi) is 4.61. The van der Waals surface area contributed by atoms with Crippen molar-refractivity contribution in [1.29, 1.82) is 0 Å². The smallest absolute Gasteiger partial charge is 0.422 e. The molecule has 2 aromatic heterocycles. The van der Waals surface area contributed by atoms with E-state index in [9.17, 15) is 22.8 Å². The number of aromatic nitrogens is 3. The predicted molar refractivity (Wildman–Crippen MR) is 91.9 cm³/mol. The molecule has 0 saturated carbocycles. The average molecular weight is 430 g/mol. The van der Waals surface area contributed by atoms with Gasteiger partial charge in [-0.05, 0) is 25.1 Å². The number of fused-ring (bicyclic) bond motifs is 1. The van der Waals surface area contributed by atoms with Crippen molar-refractivity contribution in [3.05, 3.63) is 61.5 Å². The fourth-order valence-corrected chi connectivity index (χ4v) is 2.81. The van der Waals surface area contributed by atoms with Crippen LogP contribution in [0.5, 0.6) is 5.75 Å². The van der Waals surface area contributed by atoms with Gasteiger partial charge in [0.25, 0.3) is 5.56 Å². The van der Waals surface area contributed by atoms with E-state index in [0.717, 1.165) is 6.20 Å². The molecule has 26 heavy (non-hydrogen) atoms. The van der Waals surface area contributed by atoms with Crippen molar-refractivity contribution in [1.82, 2.24) is 14.5 Å². The van der Waals surface area contributed by atoms with Crippen LogP contribution in [0, 0.1) is 6.92 Å². The fourth-order valence-electron chi connectivity index (χ4n) is 2.45. The largest absolute Gasteiger partial charge is 0.482 e. The van der Waals surface area contributed by atoms with Crippen LogP contribution in [0.4, 0.5) is 13.2 Å². The minimum absolute atomic E-state index is 0.162. The van der Waals surface area contributed by atoms with E-state index in [1.807, 2.05) is 0 Å². The van der Waals surface area contributed by atoms with Crippen molar-refractivity contribution in [3.63, 3.8) is 0 Å². The Morgan fingerprint density at radius 2 is 2.00 bits per heavy atom. The van der Waals surface area contributed by atoms with Crippen molar-refractivity contribution in [2.24, 2.45) is 0 Å². The summed E-state index contributed by atoms with van der Waals surface area (Å²) in [4.78, 5) is 31.6.